The molecule has 9 heteroatoms. The van der Waals surface area contributed by atoms with E-state index in [-0.39, 0.29) is 23.7 Å². The van der Waals surface area contributed by atoms with Gasteiger partial charge in [0, 0.05) is 30.2 Å². The zero-order valence-corrected chi connectivity index (χ0v) is 18.4. The molecular weight excluding hydrogens is 442 g/mol. The van der Waals surface area contributed by atoms with Crippen molar-refractivity contribution >= 4 is 16.9 Å². The molecule has 174 valence electrons. The molecule has 1 aromatic heterocycles. The first-order valence-corrected chi connectivity index (χ1v) is 11.2. The predicted octanol–water partition coefficient (Wildman–Crippen LogP) is 3.10. The standard InChI is InChI=1S/C25H22F2N4O3/c1-30-20-11-19(22-16(24(30)32)5-2-6-21(22)34-25(26)27)31-18-10-14(7-8-17(18)29-23(20)31)4-3-9-28-15-12-33-13-15/h2,5-8,10,15,19-20,25,28H,9,11-13H2,1H3/t19-,20?/m1/s1. The third-order valence-corrected chi connectivity index (χ3v) is 6.76. The Balaban J connectivity index is 1.44. The summed E-state index contributed by atoms with van der Waals surface area (Å²) in [5.74, 6) is 6.86. The largest absolute Gasteiger partial charge is 0.434 e. The molecule has 1 unspecified atom stereocenters. The van der Waals surface area contributed by atoms with Gasteiger partial charge in [-0.3, -0.25) is 10.1 Å². The quantitative estimate of drug-likeness (QED) is 0.601. The fourth-order valence-corrected chi connectivity index (χ4v) is 5.05. The number of aromatic nitrogens is 2. The lowest BCUT2D eigenvalue weighted by Gasteiger charge is -2.25. The van der Waals surface area contributed by atoms with Gasteiger partial charge < -0.3 is 18.9 Å². The summed E-state index contributed by atoms with van der Waals surface area (Å²) in [7, 11) is 1.73. The van der Waals surface area contributed by atoms with E-state index in [4.69, 9.17) is 14.5 Å². The molecule has 1 fully saturated rings. The zero-order valence-electron chi connectivity index (χ0n) is 18.4. The lowest BCUT2D eigenvalue weighted by molar-refractivity contribution is -0.0507. The van der Waals surface area contributed by atoms with Crippen LogP contribution in [0, 0.1) is 11.8 Å². The molecule has 1 saturated heterocycles. The van der Waals surface area contributed by atoms with Crippen molar-refractivity contribution in [3.8, 4) is 17.6 Å². The van der Waals surface area contributed by atoms with E-state index in [1.54, 1.807) is 24.1 Å². The van der Waals surface area contributed by atoms with Gasteiger partial charge in [-0.2, -0.15) is 8.78 Å². The minimum Gasteiger partial charge on any atom is -0.434 e. The number of benzene rings is 2. The number of carbonyl (C=O) groups is 1. The van der Waals surface area contributed by atoms with Crippen LogP contribution in [0.2, 0.25) is 0 Å². The van der Waals surface area contributed by atoms with Crippen molar-refractivity contribution in [1.82, 2.24) is 19.8 Å². The smallest absolute Gasteiger partial charge is 0.387 e. The number of alkyl halides is 2. The molecule has 3 aliphatic heterocycles. The number of hydrogen-bond donors (Lipinski definition) is 1. The van der Waals surface area contributed by atoms with Gasteiger partial charge in [-0.05, 0) is 30.3 Å². The number of imidazole rings is 1. The van der Waals surface area contributed by atoms with Crippen LogP contribution in [-0.4, -0.2) is 59.8 Å². The Bertz CT molecular complexity index is 1360. The Kier molecular flexibility index (Phi) is 5.01. The van der Waals surface area contributed by atoms with Crippen LogP contribution in [0.15, 0.2) is 36.4 Å². The monoisotopic (exact) mass is 464 g/mol. The second-order valence-electron chi connectivity index (χ2n) is 8.74. The van der Waals surface area contributed by atoms with Gasteiger partial charge in [0.25, 0.3) is 5.91 Å². The summed E-state index contributed by atoms with van der Waals surface area (Å²) in [5, 5.41) is 3.31. The summed E-state index contributed by atoms with van der Waals surface area (Å²) in [6, 6.07) is 10.3. The van der Waals surface area contributed by atoms with Crippen LogP contribution in [0.25, 0.3) is 11.0 Å². The predicted molar refractivity (Wildman–Crippen MR) is 120 cm³/mol. The minimum absolute atomic E-state index is 0.0246. The number of amides is 1. The van der Waals surface area contributed by atoms with Gasteiger partial charge in [0.1, 0.15) is 11.6 Å². The van der Waals surface area contributed by atoms with E-state index in [1.165, 1.54) is 6.07 Å². The molecule has 0 aliphatic carbocycles. The molecule has 0 saturated carbocycles. The van der Waals surface area contributed by atoms with Gasteiger partial charge in [0.15, 0.2) is 0 Å². The lowest BCUT2D eigenvalue weighted by Crippen LogP contribution is -2.45. The van der Waals surface area contributed by atoms with E-state index < -0.39 is 6.61 Å². The average molecular weight is 464 g/mol. The Morgan fingerprint density at radius 3 is 2.88 bits per heavy atom. The Morgan fingerprint density at radius 2 is 2.12 bits per heavy atom. The number of fused-ring (bicyclic) bond motifs is 9. The second-order valence-corrected chi connectivity index (χ2v) is 8.74. The molecule has 1 amide bonds. The summed E-state index contributed by atoms with van der Waals surface area (Å²) in [5.41, 5.74) is 3.32. The molecule has 2 bridgehead atoms. The van der Waals surface area contributed by atoms with Gasteiger partial charge in [-0.1, -0.05) is 17.9 Å². The Labute approximate surface area is 194 Å². The first-order chi connectivity index (χ1) is 16.5. The number of nitrogens with zero attached hydrogens (tertiary/aromatic N) is 3. The maximum absolute atomic E-state index is 13.2. The number of halogens is 2. The van der Waals surface area contributed by atoms with Crippen LogP contribution in [0.1, 0.15) is 45.8 Å². The summed E-state index contributed by atoms with van der Waals surface area (Å²) in [6.07, 6.45) is 0.542. The van der Waals surface area contributed by atoms with E-state index in [0.717, 1.165) is 22.4 Å². The topological polar surface area (TPSA) is 68.6 Å². The number of hydrogen-bond acceptors (Lipinski definition) is 5. The third kappa shape index (κ3) is 3.33. The van der Waals surface area contributed by atoms with Gasteiger partial charge in [-0.15, -0.1) is 0 Å². The normalized spacial score (nSPS) is 21.1. The van der Waals surface area contributed by atoms with E-state index in [1.807, 2.05) is 18.2 Å². The Morgan fingerprint density at radius 1 is 1.26 bits per heavy atom. The highest BCUT2D eigenvalue weighted by Gasteiger charge is 2.45. The van der Waals surface area contributed by atoms with Crippen LogP contribution in [0.4, 0.5) is 8.78 Å². The van der Waals surface area contributed by atoms with Crippen molar-refractivity contribution in [3.05, 3.63) is 58.9 Å². The molecular formula is C25H22F2N4O3. The highest BCUT2D eigenvalue weighted by Crippen LogP contribution is 2.49. The lowest BCUT2D eigenvalue weighted by atomic mass is 9.97. The maximum atomic E-state index is 13.2. The first-order valence-electron chi connectivity index (χ1n) is 11.2. The van der Waals surface area contributed by atoms with E-state index in [9.17, 15) is 13.6 Å². The van der Waals surface area contributed by atoms with Crippen molar-refractivity contribution in [3.63, 3.8) is 0 Å². The molecule has 0 spiro atoms. The summed E-state index contributed by atoms with van der Waals surface area (Å²) < 4.78 is 38.5. The summed E-state index contributed by atoms with van der Waals surface area (Å²) in [4.78, 5) is 19.6. The van der Waals surface area contributed by atoms with E-state index in [0.29, 0.717) is 43.3 Å². The van der Waals surface area contributed by atoms with Crippen LogP contribution in [-0.2, 0) is 4.74 Å². The SMILES string of the molecule is CN1C(=O)c2cccc(OC(F)F)c2[C@H]2CC1c1nc3ccc(C#CCNC4COC4)cc3n12. The molecule has 34 heavy (non-hydrogen) atoms. The van der Waals surface area contributed by atoms with Crippen molar-refractivity contribution < 1.29 is 23.0 Å². The van der Waals surface area contributed by atoms with Gasteiger partial charge in [0.2, 0.25) is 0 Å². The van der Waals surface area contributed by atoms with E-state index in [2.05, 4.69) is 21.7 Å². The van der Waals surface area contributed by atoms with Crippen LogP contribution < -0.4 is 10.1 Å². The van der Waals surface area contributed by atoms with E-state index >= 15 is 0 Å². The number of nitrogens with one attached hydrogen (secondary N) is 1. The summed E-state index contributed by atoms with van der Waals surface area (Å²) in [6.45, 7) is -0.988. The fraction of sp³-hybridized carbons (Fsp3) is 0.360. The zero-order chi connectivity index (χ0) is 23.4. The molecule has 0 radical (unpaired) electrons. The molecule has 2 aromatic carbocycles. The van der Waals surface area contributed by atoms with Crippen molar-refractivity contribution in [1.29, 1.82) is 0 Å². The highest BCUT2D eigenvalue weighted by molar-refractivity contribution is 5.97. The van der Waals surface area contributed by atoms with Gasteiger partial charge in [0.05, 0.1) is 48.9 Å². The number of ether oxygens (including phenoxy) is 2. The maximum Gasteiger partial charge on any atom is 0.387 e. The Hall–Kier alpha value is -3.48. The van der Waals surface area contributed by atoms with Gasteiger partial charge >= 0.3 is 6.61 Å². The van der Waals surface area contributed by atoms with Gasteiger partial charge in [-0.25, -0.2) is 4.98 Å². The van der Waals surface area contributed by atoms with Crippen LogP contribution >= 0.6 is 0 Å². The molecule has 4 heterocycles. The minimum atomic E-state index is -2.99. The third-order valence-electron chi connectivity index (χ3n) is 6.76. The molecule has 3 aliphatic rings. The molecule has 6 rings (SSSR count). The summed E-state index contributed by atoms with van der Waals surface area (Å²) >= 11 is 0. The molecule has 1 N–H and O–H groups in total. The van der Waals surface area contributed by atoms with Crippen LogP contribution in [0.3, 0.4) is 0 Å². The number of carbonyl (C=O) groups excluding carboxylic acids is 1. The van der Waals surface area contributed by atoms with Crippen LogP contribution in [0.5, 0.6) is 5.75 Å². The van der Waals surface area contributed by atoms with Crippen molar-refractivity contribution in [2.24, 2.45) is 0 Å². The molecule has 2 atom stereocenters. The molecule has 3 aromatic rings. The van der Waals surface area contributed by atoms with Crippen molar-refractivity contribution in [2.75, 3.05) is 26.8 Å². The highest BCUT2D eigenvalue weighted by atomic mass is 19.3. The average Bonchev–Trinajstić information content (AvgIpc) is 3.30. The first kappa shape index (κ1) is 21.1. The molecule has 7 nitrogen and oxygen atoms in total. The van der Waals surface area contributed by atoms with Crippen molar-refractivity contribution in [2.45, 2.75) is 31.2 Å². The number of rotatable bonds is 4. The fourth-order valence-electron chi connectivity index (χ4n) is 5.05. The second kappa shape index (κ2) is 8.08.